The van der Waals surface area contributed by atoms with Gasteiger partial charge < -0.3 is 4.90 Å². The summed E-state index contributed by atoms with van der Waals surface area (Å²) < 4.78 is 0. The molecule has 0 atom stereocenters. The number of rotatable bonds is 4. The van der Waals surface area contributed by atoms with Crippen LogP contribution in [0.5, 0.6) is 0 Å². The maximum absolute atomic E-state index is 12.3. The van der Waals surface area contributed by atoms with Gasteiger partial charge in [-0.3, -0.25) is 9.59 Å². The quantitative estimate of drug-likeness (QED) is 0.635. The molecule has 21 heavy (non-hydrogen) atoms. The molecule has 2 rings (SSSR count). The normalized spacial score (nSPS) is 11.0. The molecule has 2 aromatic carbocycles. The van der Waals surface area contributed by atoms with E-state index in [9.17, 15) is 9.59 Å². The number of hydrogen-bond donors (Lipinski definition) is 0. The topological polar surface area (TPSA) is 37.4 Å². The van der Waals surface area contributed by atoms with Crippen molar-refractivity contribution in [2.45, 2.75) is 6.92 Å². The Balaban J connectivity index is 2.43. The van der Waals surface area contributed by atoms with Crippen molar-refractivity contribution in [3.05, 3.63) is 77.9 Å². The number of benzene rings is 2. The van der Waals surface area contributed by atoms with Crippen LogP contribution in [0.15, 0.2) is 66.7 Å². The summed E-state index contributed by atoms with van der Waals surface area (Å²) in [5.74, 6) is -0.242. The largest absolute Gasteiger partial charge is 0.315 e. The van der Waals surface area contributed by atoms with E-state index in [1.54, 1.807) is 19.2 Å². The number of allylic oxidation sites excluding steroid dienone is 1. The molecule has 3 nitrogen and oxygen atoms in total. The van der Waals surface area contributed by atoms with Gasteiger partial charge in [-0.2, -0.15) is 0 Å². The molecule has 2 aromatic rings. The van der Waals surface area contributed by atoms with E-state index in [4.69, 9.17) is 0 Å². The molecule has 0 unspecified atom stereocenters. The molecule has 1 amide bonds. The van der Waals surface area contributed by atoms with E-state index in [2.05, 4.69) is 0 Å². The lowest BCUT2D eigenvalue weighted by molar-refractivity contribution is -0.124. The van der Waals surface area contributed by atoms with Crippen LogP contribution in [0.2, 0.25) is 0 Å². The standard InChI is InChI=1S/C18H17NO2/c1-14(20)19(2)17(15-9-5-3-6-10-15)13-18(21)16-11-7-4-8-12-16/h3-13H,1-2H3/b17-13+. The summed E-state index contributed by atoms with van der Waals surface area (Å²) in [4.78, 5) is 25.5. The Morgan fingerprint density at radius 1 is 0.857 bits per heavy atom. The average molecular weight is 279 g/mol. The van der Waals surface area contributed by atoms with Crippen LogP contribution in [0.1, 0.15) is 22.8 Å². The summed E-state index contributed by atoms with van der Waals surface area (Å²) in [6.07, 6.45) is 1.51. The summed E-state index contributed by atoms with van der Waals surface area (Å²) >= 11 is 0. The van der Waals surface area contributed by atoms with Gasteiger partial charge in [-0.25, -0.2) is 0 Å². The first-order chi connectivity index (χ1) is 10.1. The second-order valence-corrected chi connectivity index (χ2v) is 4.70. The minimum absolute atomic E-state index is 0.119. The highest BCUT2D eigenvalue weighted by molar-refractivity contribution is 6.09. The number of hydrogen-bond acceptors (Lipinski definition) is 2. The average Bonchev–Trinajstić information content (AvgIpc) is 2.53. The fourth-order valence-electron chi connectivity index (χ4n) is 1.96. The van der Waals surface area contributed by atoms with Crippen molar-refractivity contribution in [2.75, 3.05) is 7.05 Å². The van der Waals surface area contributed by atoms with Crippen molar-refractivity contribution in [2.24, 2.45) is 0 Å². The van der Waals surface area contributed by atoms with Crippen molar-refractivity contribution in [1.82, 2.24) is 4.90 Å². The number of ketones is 1. The van der Waals surface area contributed by atoms with E-state index in [0.29, 0.717) is 11.3 Å². The van der Waals surface area contributed by atoms with Crippen LogP contribution in [0.25, 0.3) is 5.70 Å². The van der Waals surface area contributed by atoms with E-state index in [1.807, 2.05) is 48.5 Å². The second-order valence-electron chi connectivity index (χ2n) is 4.70. The van der Waals surface area contributed by atoms with Gasteiger partial charge in [-0.05, 0) is 5.56 Å². The van der Waals surface area contributed by atoms with Crippen LogP contribution in [0.3, 0.4) is 0 Å². The summed E-state index contributed by atoms with van der Waals surface area (Å²) in [6, 6.07) is 18.4. The molecule has 106 valence electrons. The van der Waals surface area contributed by atoms with Gasteiger partial charge >= 0.3 is 0 Å². The molecule has 0 aliphatic carbocycles. The zero-order valence-electron chi connectivity index (χ0n) is 12.1. The van der Waals surface area contributed by atoms with Gasteiger partial charge in [0.2, 0.25) is 5.91 Å². The summed E-state index contributed by atoms with van der Waals surface area (Å²) in [5.41, 5.74) is 2.03. The van der Waals surface area contributed by atoms with Gasteiger partial charge in [-0.15, -0.1) is 0 Å². The highest BCUT2D eigenvalue weighted by atomic mass is 16.2. The molecule has 0 fully saturated rings. The minimum atomic E-state index is -0.123. The summed E-state index contributed by atoms with van der Waals surface area (Å²) in [6.45, 7) is 1.48. The molecule has 0 radical (unpaired) electrons. The molecular weight excluding hydrogens is 262 g/mol. The van der Waals surface area contributed by atoms with E-state index < -0.39 is 0 Å². The number of carbonyl (C=O) groups excluding carboxylic acids is 2. The number of nitrogens with zero attached hydrogens (tertiary/aromatic N) is 1. The van der Waals surface area contributed by atoms with Gasteiger partial charge in [0.05, 0.1) is 5.70 Å². The van der Waals surface area contributed by atoms with Gasteiger partial charge in [0.25, 0.3) is 0 Å². The minimum Gasteiger partial charge on any atom is -0.315 e. The Kier molecular flexibility index (Phi) is 4.67. The summed E-state index contributed by atoms with van der Waals surface area (Å²) in [7, 11) is 1.67. The van der Waals surface area contributed by atoms with E-state index in [1.165, 1.54) is 17.9 Å². The maximum atomic E-state index is 12.3. The smallest absolute Gasteiger partial charge is 0.223 e. The molecule has 0 heterocycles. The van der Waals surface area contributed by atoms with Crippen molar-refractivity contribution in [3.8, 4) is 0 Å². The lowest BCUT2D eigenvalue weighted by Gasteiger charge is -2.19. The predicted molar refractivity (Wildman–Crippen MR) is 83.6 cm³/mol. The van der Waals surface area contributed by atoms with Gasteiger partial charge in [0.1, 0.15) is 0 Å². The molecule has 0 N–H and O–H groups in total. The van der Waals surface area contributed by atoms with Gasteiger partial charge in [0.15, 0.2) is 5.78 Å². The van der Waals surface area contributed by atoms with Crippen LogP contribution in [-0.2, 0) is 4.79 Å². The molecule has 0 bridgehead atoms. The Morgan fingerprint density at radius 3 is 1.81 bits per heavy atom. The zero-order chi connectivity index (χ0) is 15.2. The molecule has 0 aliphatic heterocycles. The Hall–Kier alpha value is -2.68. The zero-order valence-corrected chi connectivity index (χ0v) is 12.1. The van der Waals surface area contributed by atoms with Crippen LogP contribution >= 0.6 is 0 Å². The van der Waals surface area contributed by atoms with Crippen LogP contribution in [0, 0.1) is 0 Å². The third kappa shape index (κ3) is 3.66. The Morgan fingerprint density at radius 2 is 1.33 bits per heavy atom. The van der Waals surface area contributed by atoms with Crippen molar-refractivity contribution in [3.63, 3.8) is 0 Å². The predicted octanol–water partition coefficient (Wildman–Crippen LogP) is 3.39. The third-order valence-electron chi connectivity index (χ3n) is 3.23. The molecule has 0 spiro atoms. The van der Waals surface area contributed by atoms with Crippen LogP contribution < -0.4 is 0 Å². The first-order valence-corrected chi connectivity index (χ1v) is 6.70. The molecule has 3 heteroatoms. The third-order valence-corrected chi connectivity index (χ3v) is 3.23. The monoisotopic (exact) mass is 279 g/mol. The first kappa shape index (κ1) is 14.7. The number of amides is 1. The molecule has 0 saturated carbocycles. The second kappa shape index (κ2) is 6.66. The van der Waals surface area contributed by atoms with E-state index >= 15 is 0 Å². The maximum Gasteiger partial charge on any atom is 0.223 e. The first-order valence-electron chi connectivity index (χ1n) is 6.70. The highest BCUT2D eigenvalue weighted by Crippen LogP contribution is 2.19. The molecular formula is C18H17NO2. The molecule has 0 aliphatic rings. The van der Waals surface area contributed by atoms with Crippen LogP contribution in [-0.4, -0.2) is 23.6 Å². The van der Waals surface area contributed by atoms with Gasteiger partial charge in [-0.1, -0.05) is 60.7 Å². The van der Waals surface area contributed by atoms with Crippen molar-refractivity contribution >= 4 is 17.4 Å². The lowest BCUT2D eigenvalue weighted by atomic mass is 10.1. The van der Waals surface area contributed by atoms with E-state index in [0.717, 1.165) is 5.56 Å². The molecule has 0 saturated heterocycles. The van der Waals surface area contributed by atoms with Crippen molar-refractivity contribution < 1.29 is 9.59 Å². The SMILES string of the molecule is CC(=O)N(C)/C(=C/C(=O)c1ccccc1)c1ccccc1. The fraction of sp³-hybridized carbons (Fsp3) is 0.111. The summed E-state index contributed by atoms with van der Waals surface area (Å²) in [5, 5.41) is 0. The fourth-order valence-corrected chi connectivity index (χ4v) is 1.96. The Labute approximate surface area is 124 Å². The highest BCUT2D eigenvalue weighted by Gasteiger charge is 2.13. The molecule has 0 aromatic heterocycles. The van der Waals surface area contributed by atoms with Crippen LogP contribution in [0.4, 0.5) is 0 Å². The van der Waals surface area contributed by atoms with Crippen molar-refractivity contribution in [1.29, 1.82) is 0 Å². The van der Waals surface area contributed by atoms with Gasteiger partial charge in [0, 0.05) is 25.6 Å². The Bertz CT molecular complexity index is 660. The number of carbonyl (C=O) groups is 2. The van der Waals surface area contributed by atoms with E-state index in [-0.39, 0.29) is 11.7 Å². The lowest BCUT2D eigenvalue weighted by Crippen LogP contribution is -2.23.